The SMILES string of the molecule is CNC(=O)c1noc(CCCCCCN)n1. The Morgan fingerprint density at radius 3 is 2.81 bits per heavy atom. The maximum absolute atomic E-state index is 11.1. The second kappa shape index (κ2) is 6.95. The lowest BCUT2D eigenvalue weighted by Gasteiger charge is -1.96. The van der Waals surface area contributed by atoms with E-state index in [4.69, 9.17) is 10.3 Å². The Bertz CT molecular complexity index is 324. The third-order valence-electron chi connectivity index (χ3n) is 2.24. The molecule has 16 heavy (non-hydrogen) atoms. The molecule has 90 valence electrons. The molecular weight excluding hydrogens is 208 g/mol. The summed E-state index contributed by atoms with van der Waals surface area (Å²) >= 11 is 0. The molecule has 0 bridgehead atoms. The summed E-state index contributed by atoms with van der Waals surface area (Å²) < 4.78 is 4.95. The first-order chi connectivity index (χ1) is 7.77. The number of nitrogens with zero attached hydrogens (tertiary/aromatic N) is 2. The molecule has 1 amide bonds. The Balaban J connectivity index is 2.27. The van der Waals surface area contributed by atoms with Gasteiger partial charge in [0, 0.05) is 13.5 Å². The number of carbonyl (C=O) groups is 1. The van der Waals surface area contributed by atoms with Gasteiger partial charge < -0.3 is 15.6 Å². The van der Waals surface area contributed by atoms with Gasteiger partial charge in [0.05, 0.1) is 0 Å². The van der Waals surface area contributed by atoms with Crippen molar-refractivity contribution in [3.63, 3.8) is 0 Å². The van der Waals surface area contributed by atoms with E-state index in [0.717, 1.165) is 32.2 Å². The van der Waals surface area contributed by atoms with E-state index in [0.29, 0.717) is 12.3 Å². The van der Waals surface area contributed by atoms with E-state index in [2.05, 4.69) is 15.5 Å². The summed E-state index contributed by atoms with van der Waals surface area (Å²) in [7, 11) is 1.53. The molecule has 0 atom stereocenters. The van der Waals surface area contributed by atoms with Gasteiger partial charge in [0.1, 0.15) is 0 Å². The summed E-state index contributed by atoms with van der Waals surface area (Å²) in [5.74, 6) is 0.295. The number of hydrogen-bond donors (Lipinski definition) is 2. The van der Waals surface area contributed by atoms with Crippen LogP contribution in [0, 0.1) is 0 Å². The zero-order chi connectivity index (χ0) is 11.8. The fourth-order valence-corrected chi connectivity index (χ4v) is 1.33. The first-order valence-corrected chi connectivity index (χ1v) is 5.52. The number of carbonyl (C=O) groups excluding carboxylic acids is 1. The van der Waals surface area contributed by atoms with Crippen molar-refractivity contribution in [2.75, 3.05) is 13.6 Å². The second-order valence-corrected chi connectivity index (χ2v) is 3.54. The molecule has 0 unspecified atom stereocenters. The quantitative estimate of drug-likeness (QED) is 0.660. The Kier molecular flexibility index (Phi) is 5.49. The predicted octanol–water partition coefficient (Wildman–Crippen LogP) is 0.491. The van der Waals surface area contributed by atoms with Crippen molar-refractivity contribution < 1.29 is 9.32 Å². The van der Waals surface area contributed by atoms with Crippen molar-refractivity contribution in [2.24, 2.45) is 5.73 Å². The Morgan fingerprint density at radius 2 is 2.12 bits per heavy atom. The van der Waals surface area contributed by atoms with Crippen LogP contribution in [0.4, 0.5) is 0 Å². The van der Waals surface area contributed by atoms with Gasteiger partial charge >= 0.3 is 0 Å². The Hall–Kier alpha value is -1.43. The lowest BCUT2D eigenvalue weighted by Crippen LogP contribution is -2.19. The monoisotopic (exact) mass is 226 g/mol. The summed E-state index contributed by atoms with van der Waals surface area (Å²) in [6.45, 7) is 0.737. The molecule has 0 aliphatic rings. The van der Waals surface area contributed by atoms with E-state index in [1.807, 2.05) is 0 Å². The molecule has 0 aliphatic carbocycles. The number of amides is 1. The van der Waals surface area contributed by atoms with Crippen LogP contribution in [0.3, 0.4) is 0 Å². The average molecular weight is 226 g/mol. The van der Waals surface area contributed by atoms with Crippen molar-refractivity contribution >= 4 is 5.91 Å². The first kappa shape index (κ1) is 12.6. The maximum Gasteiger partial charge on any atom is 0.292 e. The van der Waals surface area contributed by atoms with Gasteiger partial charge in [-0.2, -0.15) is 4.98 Å². The summed E-state index contributed by atoms with van der Waals surface area (Å²) in [5.41, 5.74) is 5.39. The molecule has 6 heteroatoms. The first-order valence-electron chi connectivity index (χ1n) is 5.52. The Morgan fingerprint density at radius 1 is 1.38 bits per heavy atom. The smallest absolute Gasteiger partial charge is 0.292 e. The largest absolute Gasteiger partial charge is 0.352 e. The number of hydrogen-bond acceptors (Lipinski definition) is 5. The molecule has 1 rings (SSSR count). The van der Waals surface area contributed by atoms with Crippen molar-refractivity contribution in [1.29, 1.82) is 0 Å². The highest BCUT2D eigenvalue weighted by atomic mass is 16.5. The van der Waals surface area contributed by atoms with Crippen LogP contribution in [-0.4, -0.2) is 29.6 Å². The van der Waals surface area contributed by atoms with Gasteiger partial charge in [-0.15, -0.1) is 0 Å². The van der Waals surface area contributed by atoms with E-state index in [9.17, 15) is 4.79 Å². The van der Waals surface area contributed by atoms with Crippen LogP contribution < -0.4 is 11.1 Å². The minimum absolute atomic E-state index is 0.0967. The predicted molar refractivity (Wildman–Crippen MR) is 58.9 cm³/mol. The van der Waals surface area contributed by atoms with E-state index in [1.54, 1.807) is 0 Å². The summed E-state index contributed by atoms with van der Waals surface area (Å²) in [6, 6.07) is 0. The van der Waals surface area contributed by atoms with Crippen LogP contribution in [-0.2, 0) is 6.42 Å². The zero-order valence-corrected chi connectivity index (χ0v) is 9.53. The van der Waals surface area contributed by atoms with Gasteiger partial charge in [-0.05, 0) is 19.4 Å². The summed E-state index contributed by atoms with van der Waals surface area (Å²) in [6.07, 6.45) is 4.96. The minimum Gasteiger partial charge on any atom is -0.352 e. The van der Waals surface area contributed by atoms with Gasteiger partial charge in [-0.25, -0.2) is 0 Å². The van der Waals surface area contributed by atoms with Gasteiger partial charge in [-0.3, -0.25) is 4.79 Å². The normalized spacial score (nSPS) is 10.4. The van der Waals surface area contributed by atoms with Gasteiger partial charge in [0.2, 0.25) is 5.89 Å². The van der Waals surface area contributed by atoms with Crippen molar-refractivity contribution in [3.05, 3.63) is 11.7 Å². The van der Waals surface area contributed by atoms with Crippen LogP contribution in [0.5, 0.6) is 0 Å². The van der Waals surface area contributed by atoms with E-state index < -0.39 is 0 Å². The van der Waals surface area contributed by atoms with E-state index in [1.165, 1.54) is 7.05 Å². The molecule has 1 aromatic rings. The molecule has 6 nitrogen and oxygen atoms in total. The molecule has 0 saturated carbocycles. The molecular formula is C10H18N4O2. The minimum atomic E-state index is -0.321. The molecule has 0 saturated heterocycles. The molecule has 1 aromatic heterocycles. The molecule has 0 radical (unpaired) electrons. The molecule has 0 aliphatic heterocycles. The summed E-state index contributed by atoms with van der Waals surface area (Å²) in [4.78, 5) is 15.1. The average Bonchev–Trinajstić information content (AvgIpc) is 2.76. The number of rotatable bonds is 7. The number of nitrogens with two attached hydrogens (primary N) is 1. The molecule has 1 heterocycles. The molecule has 0 aromatic carbocycles. The number of aryl methyl sites for hydroxylation is 1. The number of aromatic nitrogens is 2. The highest BCUT2D eigenvalue weighted by Gasteiger charge is 2.11. The van der Waals surface area contributed by atoms with Gasteiger partial charge in [0.15, 0.2) is 0 Å². The fraction of sp³-hybridized carbons (Fsp3) is 0.700. The van der Waals surface area contributed by atoms with Crippen LogP contribution in [0.1, 0.15) is 42.2 Å². The molecule has 3 N–H and O–H groups in total. The Labute approximate surface area is 94.6 Å². The van der Waals surface area contributed by atoms with Crippen LogP contribution in [0.15, 0.2) is 4.52 Å². The topological polar surface area (TPSA) is 94.0 Å². The van der Waals surface area contributed by atoms with E-state index >= 15 is 0 Å². The molecule has 0 fully saturated rings. The van der Waals surface area contributed by atoms with E-state index in [-0.39, 0.29) is 11.7 Å². The molecule has 0 spiro atoms. The highest BCUT2D eigenvalue weighted by molar-refractivity contribution is 5.89. The lowest BCUT2D eigenvalue weighted by atomic mass is 10.1. The second-order valence-electron chi connectivity index (χ2n) is 3.54. The van der Waals surface area contributed by atoms with Crippen LogP contribution >= 0.6 is 0 Å². The third-order valence-corrected chi connectivity index (χ3v) is 2.24. The van der Waals surface area contributed by atoms with Gasteiger partial charge in [0.25, 0.3) is 11.7 Å². The van der Waals surface area contributed by atoms with Crippen molar-refractivity contribution in [1.82, 2.24) is 15.5 Å². The van der Waals surface area contributed by atoms with Crippen molar-refractivity contribution in [2.45, 2.75) is 32.1 Å². The maximum atomic E-state index is 11.1. The zero-order valence-electron chi connectivity index (χ0n) is 9.53. The number of nitrogens with one attached hydrogen (secondary N) is 1. The fourth-order valence-electron chi connectivity index (χ4n) is 1.33. The third kappa shape index (κ3) is 3.98. The summed E-state index contributed by atoms with van der Waals surface area (Å²) in [5, 5.41) is 6.02. The van der Waals surface area contributed by atoms with Crippen LogP contribution in [0.2, 0.25) is 0 Å². The number of unbranched alkanes of at least 4 members (excludes halogenated alkanes) is 3. The highest BCUT2D eigenvalue weighted by Crippen LogP contribution is 2.06. The lowest BCUT2D eigenvalue weighted by molar-refractivity contribution is 0.0950. The van der Waals surface area contributed by atoms with Gasteiger partial charge in [-0.1, -0.05) is 18.0 Å². The van der Waals surface area contributed by atoms with Crippen molar-refractivity contribution in [3.8, 4) is 0 Å². The van der Waals surface area contributed by atoms with Crippen LogP contribution in [0.25, 0.3) is 0 Å². The standard InChI is InChI=1S/C10H18N4O2/c1-12-10(15)9-13-8(16-14-9)6-4-2-3-5-7-11/h2-7,11H2,1H3,(H,12,15).